The van der Waals surface area contributed by atoms with Gasteiger partial charge < -0.3 is 9.67 Å². The van der Waals surface area contributed by atoms with E-state index >= 15 is 0 Å². The summed E-state index contributed by atoms with van der Waals surface area (Å²) in [6.07, 6.45) is 7.84. The Hall–Kier alpha value is -0.800. The van der Waals surface area contributed by atoms with Gasteiger partial charge in [-0.15, -0.1) is 0 Å². The van der Waals surface area contributed by atoms with E-state index in [2.05, 4.69) is 28.7 Å². The molecule has 1 aliphatic heterocycles. The molecule has 2 unspecified atom stereocenters. The van der Waals surface area contributed by atoms with Gasteiger partial charge in [-0.3, -0.25) is 4.90 Å². The molecule has 0 amide bonds. The van der Waals surface area contributed by atoms with Crippen molar-refractivity contribution in [3.63, 3.8) is 0 Å². The Bertz CT molecular complexity index is 407. The van der Waals surface area contributed by atoms with Gasteiger partial charge >= 0.3 is 0 Å². The minimum atomic E-state index is -0.225. The Balaban J connectivity index is 1.72. The Kier molecular flexibility index (Phi) is 3.44. The van der Waals surface area contributed by atoms with Gasteiger partial charge in [0.2, 0.25) is 0 Å². The van der Waals surface area contributed by atoms with Gasteiger partial charge in [-0.25, -0.2) is 0 Å². The molecule has 1 aliphatic carbocycles. The molecule has 3 nitrogen and oxygen atoms in total. The molecule has 0 radical (unpaired) electrons. The average Bonchev–Trinajstić information content (AvgIpc) is 2.99. The fourth-order valence-electron chi connectivity index (χ4n) is 3.49. The summed E-state index contributed by atoms with van der Waals surface area (Å²) < 4.78 is 2.38. The molecule has 3 rings (SSSR count). The molecule has 3 heteroatoms. The number of aliphatic hydroxyl groups is 1. The average molecular weight is 248 g/mol. The molecule has 2 aliphatic rings. The van der Waals surface area contributed by atoms with E-state index in [0.717, 1.165) is 25.8 Å². The van der Waals surface area contributed by atoms with Crippen molar-refractivity contribution in [1.82, 2.24) is 9.47 Å². The number of rotatable bonds is 3. The Labute approximate surface area is 109 Å². The van der Waals surface area contributed by atoms with Crippen LogP contribution in [-0.2, 0) is 13.0 Å². The zero-order valence-electron chi connectivity index (χ0n) is 11.3. The maximum absolute atomic E-state index is 10.00. The highest BCUT2D eigenvalue weighted by Gasteiger charge is 2.23. The van der Waals surface area contributed by atoms with E-state index in [4.69, 9.17) is 0 Å². The molecular weight excluding hydrogens is 224 g/mol. The van der Waals surface area contributed by atoms with Gasteiger partial charge in [-0.1, -0.05) is 0 Å². The third-order valence-corrected chi connectivity index (χ3v) is 4.59. The van der Waals surface area contributed by atoms with Crippen molar-refractivity contribution in [3.8, 4) is 0 Å². The van der Waals surface area contributed by atoms with Crippen molar-refractivity contribution < 1.29 is 5.11 Å². The van der Waals surface area contributed by atoms with E-state index < -0.39 is 0 Å². The van der Waals surface area contributed by atoms with Gasteiger partial charge in [0, 0.05) is 30.0 Å². The molecule has 2 atom stereocenters. The van der Waals surface area contributed by atoms with E-state index in [1.165, 1.54) is 37.2 Å². The van der Waals surface area contributed by atoms with Gasteiger partial charge in [0.15, 0.2) is 0 Å². The van der Waals surface area contributed by atoms with E-state index in [0.29, 0.717) is 6.04 Å². The topological polar surface area (TPSA) is 28.4 Å². The van der Waals surface area contributed by atoms with Crippen molar-refractivity contribution >= 4 is 0 Å². The predicted octanol–water partition coefficient (Wildman–Crippen LogP) is 2.34. The summed E-state index contributed by atoms with van der Waals surface area (Å²) in [5.41, 5.74) is 2.55. The lowest BCUT2D eigenvalue weighted by Crippen LogP contribution is -2.34. The van der Waals surface area contributed by atoms with Crippen LogP contribution in [0.4, 0.5) is 0 Å². The molecule has 0 spiro atoms. The minimum Gasteiger partial charge on any atom is -0.388 e. The van der Waals surface area contributed by atoms with Crippen LogP contribution in [0.3, 0.4) is 0 Å². The molecule has 1 aromatic rings. The van der Waals surface area contributed by atoms with Gasteiger partial charge in [0.1, 0.15) is 0 Å². The number of aromatic nitrogens is 1. The first-order chi connectivity index (χ1) is 8.75. The van der Waals surface area contributed by atoms with Crippen LogP contribution in [0.25, 0.3) is 0 Å². The van der Waals surface area contributed by atoms with Crippen LogP contribution in [0.2, 0.25) is 0 Å². The van der Waals surface area contributed by atoms with Crippen LogP contribution in [0.5, 0.6) is 0 Å². The second kappa shape index (κ2) is 5.06. The second-order valence-electron chi connectivity index (χ2n) is 5.87. The lowest BCUT2D eigenvalue weighted by molar-refractivity contribution is 0.155. The number of hydrogen-bond acceptors (Lipinski definition) is 2. The SMILES string of the molecule is CC(Cn1ccc2c1CCCC2O)N1CCCC1. The minimum absolute atomic E-state index is 0.225. The first kappa shape index (κ1) is 12.2. The summed E-state index contributed by atoms with van der Waals surface area (Å²) in [6, 6.07) is 2.73. The zero-order valence-corrected chi connectivity index (χ0v) is 11.3. The molecule has 1 fully saturated rings. The molecule has 1 N–H and O–H groups in total. The molecule has 0 aromatic carbocycles. The summed E-state index contributed by atoms with van der Waals surface area (Å²) in [6.45, 7) is 5.92. The highest BCUT2D eigenvalue weighted by atomic mass is 16.3. The van der Waals surface area contributed by atoms with E-state index in [-0.39, 0.29) is 6.10 Å². The lowest BCUT2D eigenvalue weighted by Gasteiger charge is -2.26. The normalized spacial score (nSPS) is 26.2. The fraction of sp³-hybridized carbons (Fsp3) is 0.733. The van der Waals surface area contributed by atoms with Gasteiger partial charge in [0.05, 0.1) is 6.10 Å². The number of fused-ring (bicyclic) bond motifs is 1. The zero-order chi connectivity index (χ0) is 12.5. The summed E-state index contributed by atoms with van der Waals surface area (Å²) in [7, 11) is 0. The third kappa shape index (κ3) is 2.21. The molecule has 1 saturated heterocycles. The largest absolute Gasteiger partial charge is 0.388 e. The smallest absolute Gasteiger partial charge is 0.0807 e. The Morgan fingerprint density at radius 3 is 2.89 bits per heavy atom. The van der Waals surface area contributed by atoms with Crippen molar-refractivity contribution in [2.45, 2.75) is 57.7 Å². The fourth-order valence-corrected chi connectivity index (χ4v) is 3.49. The van der Waals surface area contributed by atoms with Crippen molar-refractivity contribution in [1.29, 1.82) is 0 Å². The maximum atomic E-state index is 10.00. The van der Waals surface area contributed by atoms with Crippen LogP contribution >= 0.6 is 0 Å². The lowest BCUT2D eigenvalue weighted by atomic mass is 9.95. The van der Waals surface area contributed by atoms with Gasteiger partial charge in [-0.2, -0.15) is 0 Å². The van der Waals surface area contributed by atoms with Gasteiger partial charge in [0.25, 0.3) is 0 Å². The second-order valence-corrected chi connectivity index (χ2v) is 5.87. The summed E-state index contributed by atoms with van der Waals surface area (Å²) in [5.74, 6) is 0. The van der Waals surface area contributed by atoms with E-state index in [9.17, 15) is 5.11 Å². The van der Waals surface area contributed by atoms with Crippen molar-refractivity contribution in [2.24, 2.45) is 0 Å². The summed E-state index contributed by atoms with van der Waals surface area (Å²) >= 11 is 0. The molecule has 100 valence electrons. The molecular formula is C15H24N2O. The standard InChI is InChI=1S/C15H24N2O/c1-12(16-8-2-3-9-16)11-17-10-7-13-14(17)5-4-6-15(13)18/h7,10,12,15,18H,2-6,8-9,11H2,1H3. The molecule has 2 heterocycles. The number of nitrogens with zero attached hydrogens (tertiary/aromatic N) is 2. The summed E-state index contributed by atoms with van der Waals surface area (Å²) in [4.78, 5) is 2.59. The van der Waals surface area contributed by atoms with Crippen LogP contribution in [0.1, 0.15) is 50.0 Å². The Morgan fingerprint density at radius 2 is 2.11 bits per heavy atom. The van der Waals surface area contributed by atoms with E-state index in [1.54, 1.807) is 0 Å². The van der Waals surface area contributed by atoms with Crippen molar-refractivity contribution in [2.75, 3.05) is 13.1 Å². The van der Waals surface area contributed by atoms with Crippen LogP contribution in [0.15, 0.2) is 12.3 Å². The first-order valence-electron chi connectivity index (χ1n) is 7.35. The highest BCUT2D eigenvalue weighted by Crippen LogP contribution is 2.30. The number of likely N-dealkylation sites (tertiary alicyclic amines) is 1. The molecule has 1 aromatic heterocycles. The number of hydrogen-bond donors (Lipinski definition) is 1. The molecule has 18 heavy (non-hydrogen) atoms. The van der Waals surface area contributed by atoms with Crippen LogP contribution in [-0.4, -0.2) is 33.7 Å². The quantitative estimate of drug-likeness (QED) is 0.889. The molecule has 0 saturated carbocycles. The third-order valence-electron chi connectivity index (χ3n) is 4.59. The van der Waals surface area contributed by atoms with Crippen LogP contribution < -0.4 is 0 Å². The maximum Gasteiger partial charge on any atom is 0.0807 e. The van der Waals surface area contributed by atoms with E-state index in [1.807, 2.05) is 0 Å². The monoisotopic (exact) mass is 248 g/mol. The number of aliphatic hydroxyl groups excluding tert-OH is 1. The summed E-state index contributed by atoms with van der Waals surface area (Å²) in [5, 5.41) is 10.00. The van der Waals surface area contributed by atoms with Crippen molar-refractivity contribution in [3.05, 3.63) is 23.5 Å². The molecule has 0 bridgehead atoms. The predicted molar refractivity (Wildman–Crippen MR) is 72.6 cm³/mol. The van der Waals surface area contributed by atoms with Crippen LogP contribution in [0, 0.1) is 0 Å². The first-order valence-corrected chi connectivity index (χ1v) is 7.35. The van der Waals surface area contributed by atoms with Gasteiger partial charge in [-0.05, 0) is 58.2 Å². The highest BCUT2D eigenvalue weighted by molar-refractivity contribution is 5.27. The Morgan fingerprint density at radius 1 is 1.33 bits per heavy atom.